The molecule has 3 N–H and O–H groups in total. The van der Waals surface area contributed by atoms with Crippen LogP contribution in [0.25, 0.3) is 0 Å². The zero-order chi connectivity index (χ0) is 16.6. The summed E-state index contributed by atoms with van der Waals surface area (Å²) in [6.45, 7) is 0. The van der Waals surface area contributed by atoms with Crippen LogP contribution < -0.4 is 0 Å². The molecule has 0 spiro atoms. The summed E-state index contributed by atoms with van der Waals surface area (Å²) in [5.41, 5.74) is -4.44. The number of benzene rings is 1. The van der Waals surface area contributed by atoms with Crippen LogP contribution in [0.4, 0.5) is 26.3 Å². The lowest BCUT2D eigenvalue weighted by molar-refractivity contribution is -0.153. The van der Waals surface area contributed by atoms with Crippen LogP contribution in [0.3, 0.4) is 0 Å². The number of hydrogen-bond acceptors (Lipinski definition) is 3. The van der Waals surface area contributed by atoms with Crippen LogP contribution in [0.5, 0.6) is 0 Å². The minimum atomic E-state index is -5.14. The Morgan fingerprint density at radius 3 is 1.57 bits per heavy atom. The summed E-state index contributed by atoms with van der Waals surface area (Å²) in [4.78, 5) is 10.4. The molecule has 1 aromatic carbocycles. The van der Waals surface area contributed by atoms with Gasteiger partial charge in [0.2, 0.25) is 0 Å². The lowest BCUT2D eigenvalue weighted by Gasteiger charge is -2.18. The van der Waals surface area contributed by atoms with Crippen LogP contribution in [-0.2, 0) is 17.1 Å². The highest BCUT2D eigenvalue weighted by molar-refractivity contribution is 5.73. The molecular formula is C11H8F6O4. The van der Waals surface area contributed by atoms with Gasteiger partial charge in [-0.2, -0.15) is 26.3 Å². The molecule has 1 rings (SSSR count). The number of aliphatic hydroxyl groups excluding tert-OH is 2. The number of aliphatic hydroxyl groups is 2. The molecule has 4 nitrogen and oxygen atoms in total. The molecule has 0 aromatic heterocycles. The Bertz CT molecular complexity index is 504. The summed E-state index contributed by atoms with van der Waals surface area (Å²) in [6.07, 6.45) is -15.3. The second-order valence-electron chi connectivity index (χ2n) is 4.07. The van der Waals surface area contributed by atoms with Gasteiger partial charge in [0.05, 0.1) is 11.1 Å². The highest BCUT2D eigenvalue weighted by atomic mass is 19.4. The Balaban J connectivity index is 3.42. The van der Waals surface area contributed by atoms with Crippen molar-refractivity contribution in [2.75, 3.05) is 0 Å². The predicted molar refractivity (Wildman–Crippen MR) is 55.0 cm³/mol. The first-order valence-corrected chi connectivity index (χ1v) is 5.22. The molecule has 1 aromatic rings. The molecule has 0 aliphatic heterocycles. The van der Waals surface area contributed by atoms with Crippen LogP contribution in [-0.4, -0.2) is 27.4 Å². The zero-order valence-electron chi connectivity index (χ0n) is 9.90. The van der Waals surface area contributed by atoms with Gasteiger partial charge in [-0.1, -0.05) is 0 Å². The van der Waals surface area contributed by atoms with E-state index in [0.29, 0.717) is 0 Å². The molecule has 0 saturated heterocycles. The fraction of sp³-hybridized carbons (Fsp3) is 0.364. The smallest absolute Gasteiger partial charge is 0.416 e. The first-order chi connectivity index (χ1) is 9.34. The number of rotatable bonds is 3. The summed E-state index contributed by atoms with van der Waals surface area (Å²) < 4.78 is 75.2. The van der Waals surface area contributed by atoms with Crippen LogP contribution in [0, 0.1) is 0 Å². The first kappa shape index (κ1) is 17.2. The van der Waals surface area contributed by atoms with Crippen molar-refractivity contribution in [1.29, 1.82) is 0 Å². The third kappa shape index (κ3) is 4.08. The Hall–Kier alpha value is -1.81. The predicted octanol–water partition coefficient (Wildman–Crippen LogP) is 2.20. The minimum Gasteiger partial charge on any atom is -0.479 e. The van der Waals surface area contributed by atoms with E-state index in [2.05, 4.69) is 0 Å². The molecular weight excluding hydrogens is 310 g/mol. The maximum Gasteiger partial charge on any atom is 0.416 e. The van der Waals surface area contributed by atoms with E-state index in [9.17, 15) is 36.2 Å². The molecule has 0 bridgehead atoms. The van der Waals surface area contributed by atoms with Crippen molar-refractivity contribution in [3.63, 3.8) is 0 Å². The van der Waals surface area contributed by atoms with E-state index in [0.717, 1.165) is 0 Å². The SMILES string of the molecule is O=C(O)C(O)C(O)c1cc(C(F)(F)F)cc(C(F)(F)F)c1. The number of aliphatic carboxylic acids is 1. The average Bonchev–Trinajstić information content (AvgIpc) is 2.34. The molecule has 0 heterocycles. The standard InChI is InChI=1S/C11H8F6O4/c12-10(13,14)5-1-4(7(18)8(19)9(20)21)2-6(3-5)11(15,16)17/h1-3,7-8,18-19H,(H,20,21). The number of carbonyl (C=O) groups is 1. The van der Waals surface area contributed by atoms with Gasteiger partial charge in [-0.3, -0.25) is 0 Å². The second kappa shape index (κ2) is 5.53. The van der Waals surface area contributed by atoms with Gasteiger partial charge in [-0.25, -0.2) is 4.79 Å². The van der Waals surface area contributed by atoms with Crippen molar-refractivity contribution in [3.8, 4) is 0 Å². The molecule has 0 aliphatic carbocycles. The maximum atomic E-state index is 12.5. The number of hydrogen-bond donors (Lipinski definition) is 3. The van der Waals surface area contributed by atoms with Gasteiger partial charge in [0.1, 0.15) is 6.10 Å². The zero-order valence-corrected chi connectivity index (χ0v) is 9.90. The topological polar surface area (TPSA) is 77.8 Å². The largest absolute Gasteiger partial charge is 0.479 e. The fourth-order valence-electron chi connectivity index (χ4n) is 1.47. The lowest BCUT2D eigenvalue weighted by atomic mass is 9.98. The highest BCUT2D eigenvalue weighted by Crippen LogP contribution is 2.37. The van der Waals surface area contributed by atoms with E-state index in [1.165, 1.54) is 0 Å². The average molecular weight is 318 g/mol. The Morgan fingerprint density at radius 2 is 1.29 bits per heavy atom. The fourth-order valence-corrected chi connectivity index (χ4v) is 1.47. The van der Waals surface area contributed by atoms with Crippen molar-refractivity contribution in [2.45, 2.75) is 24.6 Å². The normalized spacial score (nSPS) is 15.6. The third-order valence-corrected chi connectivity index (χ3v) is 2.50. The Labute approximate surface area is 113 Å². The van der Waals surface area contributed by atoms with Gasteiger partial charge in [0, 0.05) is 0 Å². The summed E-state index contributed by atoms with van der Waals surface area (Å²) in [6, 6.07) is 0.113. The maximum absolute atomic E-state index is 12.5. The van der Waals surface area contributed by atoms with Crippen LogP contribution in [0.2, 0.25) is 0 Å². The number of carboxylic acid groups (broad SMARTS) is 1. The second-order valence-corrected chi connectivity index (χ2v) is 4.07. The van der Waals surface area contributed by atoms with E-state index in [-0.39, 0.29) is 18.2 Å². The quantitative estimate of drug-likeness (QED) is 0.747. The van der Waals surface area contributed by atoms with Crippen LogP contribution >= 0.6 is 0 Å². The van der Waals surface area contributed by atoms with Crippen LogP contribution in [0.1, 0.15) is 22.8 Å². The van der Waals surface area contributed by atoms with Crippen LogP contribution in [0.15, 0.2) is 18.2 Å². The molecule has 2 unspecified atom stereocenters. The van der Waals surface area contributed by atoms with E-state index >= 15 is 0 Å². The van der Waals surface area contributed by atoms with E-state index in [1.54, 1.807) is 0 Å². The number of halogens is 6. The minimum absolute atomic E-state index is 0.145. The molecule has 2 atom stereocenters. The van der Waals surface area contributed by atoms with Gasteiger partial charge in [0.25, 0.3) is 0 Å². The molecule has 0 radical (unpaired) electrons. The monoisotopic (exact) mass is 318 g/mol. The Kier molecular flexibility index (Phi) is 4.54. The Morgan fingerprint density at radius 1 is 0.905 bits per heavy atom. The molecule has 0 aliphatic rings. The van der Waals surface area contributed by atoms with Crippen molar-refractivity contribution >= 4 is 5.97 Å². The van der Waals surface area contributed by atoms with E-state index < -0.39 is 47.2 Å². The molecule has 10 heteroatoms. The summed E-state index contributed by atoms with van der Waals surface area (Å²) in [5, 5.41) is 26.8. The lowest BCUT2D eigenvalue weighted by Crippen LogP contribution is -2.28. The molecule has 0 fully saturated rings. The molecule has 0 saturated carbocycles. The third-order valence-electron chi connectivity index (χ3n) is 2.50. The van der Waals surface area contributed by atoms with Crippen molar-refractivity contribution < 1.29 is 46.5 Å². The summed E-state index contributed by atoms with van der Waals surface area (Å²) in [7, 11) is 0. The van der Waals surface area contributed by atoms with E-state index in [1.807, 2.05) is 0 Å². The molecule has 0 amide bonds. The van der Waals surface area contributed by atoms with Gasteiger partial charge >= 0.3 is 18.3 Å². The van der Waals surface area contributed by atoms with E-state index in [4.69, 9.17) is 10.2 Å². The molecule has 21 heavy (non-hydrogen) atoms. The number of carboxylic acids is 1. The summed E-state index contributed by atoms with van der Waals surface area (Å²) in [5.74, 6) is -1.99. The number of alkyl halides is 6. The van der Waals surface area contributed by atoms with Crippen molar-refractivity contribution in [1.82, 2.24) is 0 Å². The van der Waals surface area contributed by atoms with Gasteiger partial charge in [-0.05, 0) is 23.8 Å². The van der Waals surface area contributed by atoms with Gasteiger partial charge < -0.3 is 15.3 Å². The van der Waals surface area contributed by atoms with Gasteiger partial charge in [0.15, 0.2) is 6.10 Å². The van der Waals surface area contributed by atoms with Gasteiger partial charge in [-0.15, -0.1) is 0 Å². The van der Waals surface area contributed by atoms with Crippen molar-refractivity contribution in [3.05, 3.63) is 34.9 Å². The summed E-state index contributed by atoms with van der Waals surface area (Å²) >= 11 is 0. The van der Waals surface area contributed by atoms with Crippen molar-refractivity contribution in [2.24, 2.45) is 0 Å². The highest BCUT2D eigenvalue weighted by Gasteiger charge is 2.38. The molecule has 118 valence electrons. The first-order valence-electron chi connectivity index (χ1n) is 5.22.